The predicted octanol–water partition coefficient (Wildman–Crippen LogP) is 4.07. The molecule has 0 radical (unpaired) electrons. The fourth-order valence-corrected chi connectivity index (χ4v) is 6.12. The van der Waals surface area contributed by atoms with Crippen molar-refractivity contribution in [1.29, 1.82) is 0 Å². The van der Waals surface area contributed by atoms with E-state index in [4.69, 9.17) is 0 Å². The van der Waals surface area contributed by atoms with Gasteiger partial charge in [0.1, 0.15) is 17.0 Å². The van der Waals surface area contributed by atoms with Gasteiger partial charge in [-0.05, 0) is 68.9 Å². The molecule has 2 aromatic rings. The van der Waals surface area contributed by atoms with Gasteiger partial charge in [0.15, 0.2) is 0 Å². The van der Waals surface area contributed by atoms with Gasteiger partial charge < -0.3 is 10.6 Å². The number of rotatable bonds is 3. The molecule has 2 atom stereocenters. The van der Waals surface area contributed by atoms with Crippen LogP contribution in [0.4, 0.5) is 5.82 Å². The lowest BCUT2D eigenvalue weighted by Gasteiger charge is -2.29. The first kappa shape index (κ1) is 15.1. The van der Waals surface area contributed by atoms with Crippen LogP contribution in [0.1, 0.15) is 61.8 Å². The van der Waals surface area contributed by atoms with E-state index in [0.717, 1.165) is 11.7 Å². The molecule has 128 valence electrons. The molecule has 0 aliphatic heterocycles. The molecule has 5 rings (SSSR count). The summed E-state index contributed by atoms with van der Waals surface area (Å²) < 4.78 is 0. The van der Waals surface area contributed by atoms with E-state index in [1.165, 1.54) is 55.2 Å². The summed E-state index contributed by atoms with van der Waals surface area (Å²) in [5.74, 6) is 1.85. The Bertz CT molecular complexity index is 777. The summed E-state index contributed by atoms with van der Waals surface area (Å²) in [6.45, 7) is 2.46. The number of aryl methyl sites for hydroxylation is 1. The van der Waals surface area contributed by atoms with Gasteiger partial charge in [0.05, 0.1) is 5.39 Å². The van der Waals surface area contributed by atoms with Crippen molar-refractivity contribution in [1.82, 2.24) is 15.3 Å². The van der Waals surface area contributed by atoms with Gasteiger partial charge >= 0.3 is 0 Å². The number of hydrogen-bond acceptors (Lipinski definition) is 5. The molecule has 2 heterocycles. The average Bonchev–Trinajstić information content (AvgIpc) is 3.14. The largest absolute Gasteiger partial charge is 0.367 e. The van der Waals surface area contributed by atoms with Crippen LogP contribution in [0.3, 0.4) is 0 Å². The summed E-state index contributed by atoms with van der Waals surface area (Å²) >= 11 is 1.91. The van der Waals surface area contributed by atoms with Gasteiger partial charge in [-0.1, -0.05) is 6.92 Å². The van der Waals surface area contributed by atoms with E-state index in [9.17, 15) is 0 Å². The van der Waals surface area contributed by atoms with Crippen LogP contribution in [0, 0.1) is 5.41 Å². The van der Waals surface area contributed by atoms with Crippen molar-refractivity contribution in [2.45, 2.75) is 69.9 Å². The summed E-state index contributed by atoms with van der Waals surface area (Å²) in [7, 11) is 2.08. The maximum atomic E-state index is 4.67. The summed E-state index contributed by atoms with van der Waals surface area (Å²) in [6.07, 6.45) is 10.6. The van der Waals surface area contributed by atoms with Crippen molar-refractivity contribution < 1.29 is 0 Å². The molecule has 2 N–H and O–H groups in total. The maximum absolute atomic E-state index is 4.67. The smallest absolute Gasteiger partial charge is 0.138 e. The standard InChI is InChI=1S/C19H26N4S/c1-19-8-7-14-15(13(19)9-19)16-17(21-10-22-18(16)24-14)23-12-5-3-11(20-2)4-6-12/h10-13,20H,3-9H2,1-2H3,(H,21,22,23). The van der Waals surface area contributed by atoms with Crippen molar-refractivity contribution in [3.05, 3.63) is 16.8 Å². The van der Waals surface area contributed by atoms with E-state index >= 15 is 0 Å². The summed E-state index contributed by atoms with van der Waals surface area (Å²) in [5.41, 5.74) is 2.15. The maximum Gasteiger partial charge on any atom is 0.138 e. The Hall–Kier alpha value is -1.20. The molecule has 2 aromatic heterocycles. The topological polar surface area (TPSA) is 49.8 Å². The van der Waals surface area contributed by atoms with Gasteiger partial charge in [-0.15, -0.1) is 11.3 Å². The minimum Gasteiger partial charge on any atom is -0.367 e. The van der Waals surface area contributed by atoms with Crippen molar-refractivity contribution in [3.63, 3.8) is 0 Å². The third-order valence-corrected chi connectivity index (χ3v) is 7.87. The minimum absolute atomic E-state index is 0.553. The molecule has 2 fully saturated rings. The molecule has 2 unspecified atom stereocenters. The SMILES string of the molecule is CNC1CCC(Nc2ncnc3sc4c(c23)C2CC2(C)CC4)CC1. The lowest BCUT2D eigenvalue weighted by atomic mass is 9.88. The molecule has 0 amide bonds. The lowest BCUT2D eigenvalue weighted by molar-refractivity contribution is 0.371. The fraction of sp³-hybridized carbons (Fsp3) is 0.684. The first-order chi connectivity index (χ1) is 11.7. The zero-order chi connectivity index (χ0) is 16.3. The van der Waals surface area contributed by atoms with Crippen molar-refractivity contribution in [2.75, 3.05) is 12.4 Å². The van der Waals surface area contributed by atoms with Crippen LogP contribution in [0.5, 0.6) is 0 Å². The Morgan fingerprint density at radius 3 is 2.75 bits per heavy atom. The fourth-order valence-electron chi connectivity index (χ4n) is 4.92. The van der Waals surface area contributed by atoms with Gasteiger partial charge in [-0.25, -0.2) is 9.97 Å². The monoisotopic (exact) mass is 342 g/mol. The highest BCUT2D eigenvalue weighted by atomic mass is 32.1. The third-order valence-electron chi connectivity index (χ3n) is 6.70. The number of fused-ring (bicyclic) bond motifs is 5. The number of thiophene rings is 1. The second-order valence-corrected chi connectivity index (χ2v) is 9.32. The number of nitrogens with zero attached hydrogens (tertiary/aromatic N) is 2. The van der Waals surface area contributed by atoms with E-state index in [2.05, 4.69) is 34.6 Å². The summed E-state index contributed by atoms with van der Waals surface area (Å²) in [4.78, 5) is 12.0. The van der Waals surface area contributed by atoms with Crippen molar-refractivity contribution in [2.24, 2.45) is 5.41 Å². The van der Waals surface area contributed by atoms with Crippen LogP contribution in [0.25, 0.3) is 10.2 Å². The van der Waals surface area contributed by atoms with Crippen molar-refractivity contribution in [3.8, 4) is 0 Å². The molecule has 0 spiro atoms. The highest BCUT2D eigenvalue weighted by Crippen LogP contribution is 2.67. The molecule has 4 nitrogen and oxygen atoms in total. The second kappa shape index (κ2) is 5.40. The molecule has 5 heteroatoms. The van der Waals surface area contributed by atoms with Crippen LogP contribution >= 0.6 is 11.3 Å². The summed E-state index contributed by atoms with van der Waals surface area (Å²) in [6, 6.07) is 1.24. The first-order valence-electron chi connectivity index (χ1n) is 9.38. The third kappa shape index (κ3) is 2.28. The molecule has 3 aliphatic carbocycles. The molecule has 0 aromatic carbocycles. The first-order valence-corrected chi connectivity index (χ1v) is 10.2. The normalized spacial score (nSPS) is 34.7. The molecule has 24 heavy (non-hydrogen) atoms. The van der Waals surface area contributed by atoms with Crippen molar-refractivity contribution >= 4 is 27.4 Å². The van der Waals surface area contributed by atoms with Gasteiger partial charge in [-0.2, -0.15) is 0 Å². The van der Waals surface area contributed by atoms with Crippen LogP contribution in [-0.2, 0) is 6.42 Å². The number of aromatic nitrogens is 2. The Labute approximate surface area is 147 Å². The Kier molecular flexibility index (Phi) is 3.39. The zero-order valence-electron chi connectivity index (χ0n) is 14.6. The minimum atomic E-state index is 0.553. The molecule has 2 saturated carbocycles. The number of anilines is 1. The van der Waals surface area contributed by atoms with E-state index in [-0.39, 0.29) is 0 Å². The van der Waals surface area contributed by atoms with E-state index in [1.54, 1.807) is 16.8 Å². The summed E-state index contributed by atoms with van der Waals surface area (Å²) in [5, 5.41) is 8.55. The molecular weight excluding hydrogens is 316 g/mol. The van der Waals surface area contributed by atoms with Crippen LogP contribution in [-0.4, -0.2) is 29.1 Å². The van der Waals surface area contributed by atoms with Crippen LogP contribution < -0.4 is 10.6 Å². The average molecular weight is 343 g/mol. The van der Waals surface area contributed by atoms with Gasteiger partial charge in [0.2, 0.25) is 0 Å². The highest BCUT2D eigenvalue weighted by molar-refractivity contribution is 7.19. The Morgan fingerprint density at radius 2 is 1.96 bits per heavy atom. The van der Waals surface area contributed by atoms with Crippen LogP contribution in [0.2, 0.25) is 0 Å². The van der Waals surface area contributed by atoms with Gasteiger partial charge in [0.25, 0.3) is 0 Å². The predicted molar refractivity (Wildman–Crippen MR) is 99.9 cm³/mol. The van der Waals surface area contributed by atoms with Gasteiger partial charge in [-0.3, -0.25) is 0 Å². The number of nitrogens with one attached hydrogen (secondary N) is 2. The Balaban J connectivity index is 1.48. The molecule has 3 aliphatic rings. The van der Waals surface area contributed by atoms with E-state index in [1.807, 2.05) is 11.3 Å². The second-order valence-electron chi connectivity index (χ2n) is 8.23. The molecule has 0 saturated heterocycles. The van der Waals surface area contributed by atoms with E-state index in [0.29, 0.717) is 17.5 Å². The highest BCUT2D eigenvalue weighted by Gasteiger charge is 2.54. The molecule has 0 bridgehead atoms. The van der Waals surface area contributed by atoms with Gasteiger partial charge in [0, 0.05) is 17.0 Å². The quantitative estimate of drug-likeness (QED) is 0.883. The zero-order valence-corrected chi connectivity index (χ0v) is 15.4. The van der Waals surface area contributed by atoms with E-state index < -0.39 is 0 Å². The number of hydrogen-bond donors (Lipinski definition) is 2. The van der Waals surface area contributed by atoms with Crippen LogP contribution in [0.15, 0.2) is 6.33 Å². The lowest BCUT2D eigenvalue weighted by Crippen LogP contribution is -2.35. The molecular formula is C19H26N4S. The Morgan fingerprint density at radius 1 is 1.17 bits per heavy atom.